The van der Waals surface area contributed by atoms with E-state index in [1.165, 1.54) is 52.2 Å². The van der Waals surface area contributed by atoms with Gasteiger partial charge in [-0.3, -0.25) is 9.59 Å². The number of rotatable bonds is 19. The molecule has 0 fully saturated rings. The number of carbonyl (C=O) groups excluding carboxylic acids is 2. The van der Waals surface area contributed by atoms with Crippen LogP contribution in [0, 0.1) is 5.41 Å². The number of fused-ring (bicyclic) bond motifs is 3. The van der Waals surface area contributed by atoms with Gasteiger partial charge in [0.05, 0.1) is 36.7 Å². The molecule has 0 radical (unpaired) electrons. The Bertz CT molecular complexity index is 3400. The van der Waals surface area contributed by atoms with Crippen molar-refractivity contribution in [3.05, 3.63) is 92.2 Å². The van der Waals surface area contributed by atoms with E-state index in [1.807, 2.05) is 40.7 Å². The van der Waals surface area contributed by atoms with Crippen LogP contribution in [0.2, 0.25) is 0 Å². The number of allylic oxidation sites excluding steroid dienone is 2. The second-order valence-electron chi connectivity index (χ2n) is 26.6. The van der Waals surface area contributed by atoms with Crippen molar-refractivity contribution in [1.82, 2.24) is 0 Å². The predicted molar refractivity (Wildman–Crippen MR) is 325 cm³/mol. The number of furan rings is 1. The van der Waals surface area contributed by atoms with Gasteiger partial charge in [0.1, 0.15) is 11.3 Å². The SMILES string of the molecule is CCOC(=O)CCCOc1cc2oc(-c3ccc(C(C)(C)C)cc3)c(C3=C(c4cc(-c5cc6c(s5)C(C)(C)CCC6(C)C)sc4-c4cc5c(s4)C(C)(C)CCC5(C)C)C(F)(F)C(F)(F)C3(F)F)c2cc1OCCC(CC)(CC)C(=O)OCC. The molecule has 16 heteroatoms. The molecule has 0 unspecified atom stereocenters. The van der Waals surface area contributed by atoms with Gasteiger partial charge in [-0.2, -0.15) is 26.3 Å². The van der Waals surface area contributed by atoms with E-state index in [2.05, 4.69) is 61.5 Å². The van der Waals surface area contributed by atoms with Crippen LogP contribution in [0.1, 0.15) is 199 Å². The van der Waals surface area contributed by atoms with Crippen molar-refractivity contribution in [3.8, 4) is 42.3 Å². The molecule has 9 rings (SSSR count). The molecule has 2 aromatic carbocycles. The van der Waals surface area contributed by atoms with Gasteiger partial charge in [-0.25, -0.2) is 0 Å². The van der Waals surface area contributed by atoms with E-state index < -0.39 is 57.4 Å². The van der Waals surface area contributed by atoms with Gasteiger partial charge < -0.3 is 23.4 Å². The maximum atomic E-state index is 18.0. The monoisotopic (exact) mass is 1210 g/mol. The molecular formula is C67H80F6O7S3. The number of benzene rings is 2. The van der Waals surface area contributed by atoms with Gasteiger partial charge in [-0.05, 0) is 133 Å². The summed E-state index contributed by atoms with van der Waals surface area (Å²) in [5.74, 6) is -18.1. The first-order valence-electron chi connectivity index (χ1n) is 29.3. The average Bonchev–Trinajstić information content (AvgIpc) is 1.90. The summed E-state index contributed by atoms with van der Waals surface area (Å²) in [5.41, 5.74) is -3.48. The van der Waals surface area contributed by atoms with Crippen LogP contribution in [0.25, 0.3) is 52.9 Å². The Morgan fingerprint density at radius 3 is 1.69 bits per heavy atom. The topological polar surface area (TPSA) is 84.2 Å². The summed E-state index contributed by atoms with van der Waals surface area (Å²) >= 11 is 4.12. The molecule has 7 nitrogen and oxygen atoms in total. The normalized spacial score (nSPS) is 19.1. The highest BCUT2D eigenvalue weighted by Gasteiger charge is 2.81. The van der Waals surface area contributed by atoms with Gasteiger partial charge in [0, 0.05) is 70.1 Å². The Kier molecular flexibility index (Phi) is 16.6. The highest BCUT2D eigenvalue weighted by atomic mass is 32.1. The van der Waals surface area contributed by atoms with Gasteiger partial charge >= 0.3 is 29.7 Å². The lowest BCUT2D eigenvalue weighted by molar-refractivity contribution is -0.254. The van der Waals surface area contributed by atoms with Crippen LogP contribution in [0.5, 0.6) is 11.5 Å². The van der Waals surface area contributed by atoms with Crippen LogP contribution in [0.4, 0.5) is 26.3 Å². The van der Waals surface area contributed by atoms with E-state index in [1.54, 1.807) is 38.1 Å². The third-order valence-electron chi connectivity index (χ3n) is 18.0. The van der Waals surface area contributed by atoms with Crippen molar-refractivity contribution >= 4 is 68.1 Å². The molecule has 0 aliphatic heterocycles. The molecule has 83 heavy (non-hydrogen) atoms. The van der Waals surface area contributed by atoms with E-state index in [4.69, 9.17) is 23.4 Å². The fourth-order valence-corrected chi connectivity index (χ4v) is 16.5. The predicted octanol–water partition coefficient (Wildman–Crippen LogP) is 20.3. The minimum absolute atomic E-state index is 0.00999. The zero-order valence-corrected chi connectivity index (χ0v) is 53.2. The maximum Gasteiger partial charge on any atom is 0.380 e. The molecule has 3 aliphatic rings. The molecule has 4 aromatic heterocycles. The van der Waals surface area contributed by atoms with Crippen molar-refractivity contribution in [2.45, 2.75) is 206 Å². The fraction of sp³-hybridized carbons (Fsp3) is 0.552. The summed E-state index contributed by atoms with van der Waals surface area (Å²) in [5, 5.41) is -0.209. The van der Waals surface area contributed by atoms with Crippen molar-refractivity contribution in [2.75, 3.05) is 26.4 Å². The average molecular weight is 1210 g/mol. The number of hydrogen-bond donors (Lipinski definition) is 0. The molecule has 4 heterocycles. The number of thiophene rings is 3. The van der Waals surface area contributed by atoms with Crippen molar-refractivity contribution in [3.63, 3.8) is 0 Å². The molecule has 0 spiro atoms. The number of ether oxygens (including phenoxy) is 4. The highest BCUT2D eigenvalue weighted by molar-refractivity contribution is 7.27. The van der Waals surface area contributed by atoms with Crippen LogP contribution in [0.3, 0.4) is 0 Å². The zero-order chi connectivity index (χ0) is 60.8. The fourth-order valence-electron chi connectivity index (χ4n) is 12.2. The lowest BCUT2D eigenvalue weighted by atomic mass is 9.67. The van der Waals surface area contributed by atoms with Crippen LogP contribution in [-0.2, 0) is 46.1 Å². The first-order chi connectivity index (χ1) is 38.6. The number of alkyl halides is 6. The molecule has 0 bridgehead atoms. The van der Waals surface area contributed by atoms with E-state index in [-0.39, 0.29) is 111 Å². The summed E-state index contributed by atoms with van der Waals surface area (Å²) in [6, 6.07) is 15.0. The molecule has 0 amide bonds. The number of esters is 2. The molecule has 6 aromatic rings. The minimum Gasteiger partial charge on any atom is -0.490 e. The van der Waals surface area contributed by atoms with Crippen molar-refractivity contribution < 1.29 is 59.3 Å². The summed E-state index contributed by atoms with van der Waals surface area (Å²) in [6.07, 6.45) is 4.67. The smallest absolute Gasteiger partial charge is 0.380 e. The molecule has 3 aliphatic carbocycles. The minimum atomic E-state index is -5.94. The Morgan fingerprint density at radius 1 is 0.614 bits per heavy atom. The summed E-state index contributed by atoms with van der Waals surface area (Å²) in [7, 11) is 0. The third kappa shape index (κ3) is 10.9. The number of halogens is 6. The molecule has 0 saturated carbocycles. The molecule has 450 valence electrons. The summed E-state index contributed by atoms with van der Waals surface area (Å²) < 4.78 is 136. The van der Waals surface area contributed by atoms with E-state index >= 15 is 26.3 Å². The number of hydrogen-bond acceptors (Lipinski definition) is 10. The van der Waals surface area contributed by atoms with E-state index in [0.717, 1.165) is 57.0 Å². The largest absolute Gasteiger partial charge is 0.490 e. The summed E-state index contributed by atoms with van der Waals surface area (Å²) in [4.78, 5) is 30.0. The van der Waals surface area contributed by atoms with Gasteiger partial charge in [0.15, 0.2) is 11.5 Å². The first kappa shape index (κ1) is 62.5. The molecular weight excluding hydrogens is 1130 g/mol. The summed E-state index contributed by atoms with van der Waals surface area (Å²) in [6.45, 7) is 30.5. The quantitative estimate of drug-likeness (QED) is 0.0454. The van der Waals surface area contributed by atoms with Gasteiger partial charge in [0.25, 0.3) is 0 Å². The lowest BCUT2D eigenvalue weighted by Gasteiger charge is -2.39. The Morgan fingerprint density at radius 2 is 1.13 bits per heavy atom. The first-order valence-corrected chi connectivity index (χ1v) is 31.7. The lowest BCUT2D eigenvalue weighted by Crippen LogP contribution is -2.48. The molecule has 0 saturated heterocycles. The standard InChI is InChI=1S/C67H80F6O7S3/c1-16-64(17-2,58(75)77-19-4)30-32-79-45-33-40-44(37-46(45)78-31-20-21-50(74)76-18-3)80-54(38-22-24-39(25-23-38)59(5,6)7)51(40)53-52(65(68,69)67(72,73)66(53,70)71)41-34-47(48-35-42-56(82-48)62(12,13)28-26-60(42,8)9)81-55(41)49-36-43-57(83-49)63(14,15)29-27-61(43,10)11/h22-25,33-37H,16-21,26-32H2,1-15H3. The van der Waals surface area contributed by atoms with Crippen LogP contribution < -0.4 is 9.47 Å². The Balaban J connectivity index is 1.36. The van der Waals surface area contributed by atoms with Crippen LogP contribution in [-0.4, -0.2) is 56.1 Å². The van der Waals surface area contributed by atoms with E-state index in [9.17, 15) is 9.59 Å². The second kappa shape index (κ2) is 22.0. The van der Waals surface area contributed by atoms with Gasteiger partial charge in [0.2, 0.25) is 0 Å². The van der Waals surface area contributed by atoms with Gasteiger partial charge in [-0.1, -0.05) is 114 Å². The highest BCUT2D eigenvalue weighted by Crippen LogP contribution is 2.68. The molecule has 0 atom stereocenters. The maximum absolute atomic E-state index is 18.0. The van der Waals surface area contributed by atoms with Crippen LogP contribution in [0.15, 0.2) is 59.0 Å². The van der Waals surface area contributed by atoms with Crippen LogP contribution >= 0.6 is 34.0 Å². The van der Waals surface area contributed by atoms with Gasteiger partial charge in [-0.15, -0.1) is 34.0 Å². The Hall–Kier alpha value is -5.06. The third-order valence-corrected chi connectivity index (χ3v) is 22.6. The van der Waals surface area contributed by atoms with Crippen molar-refractivity contribution in [2.24, 2.45) is 5.41 Å². The Labute approximate surface area is 497 Å². The second-order valence-corrected chi connectivity index (χ2v) is 29.7. The van der Waals surface area contributed by atoms with E-state index in [0.29, 0.717) is 22.6 Å². The van der Waals surface area contributed by atoms with Crippen molar-refractivity contribution in [1.29, 1.82) is 0 Å². The zero-order valence-electron chi connectivity index (χ0n) is 50.7. The molecule has 0 N–H and O–H groups in total. The number of carbonyl (C=O) groups is 2.